The molecule has 2 aromatic rings. The molecule has 1 aliphatic rings. The second-order valence-corrected chi connectivity index (χ2v) is 6.26. The molecule has 0 aliphatic carbocycles. The molecule has 0 radical (unpaired) electrons. The summed E-state index contributed by atoms with van der Waals surface area (Å²) in [7, 11) is 0. The first-order valence-electron chi connectivity index (χ1n) is 8.62. The van der Waals surface area contributed by atoms with Crippen LogP contribution in [0.25, 0.3) is 0 Å². The fraction of sp³-hybridized carbons (Fsp3) is 0.400. The topological polar surface area (TPSA) is 88.4 Å². The largest absolute Gasteiger partial charge is 0.394 e. The second-order valence-electron chi connectivity index (χ2n) is 6.26. The third-order valence-corrected chi connectivity index (χ3v) is 4.38. The molecule has 26 heavy (non-hydrogen) atoms. The van der Waals surface area contributed by atoms with Gasteiger partial charge in [-0.15, -0.1) is 0 Å². The lowest BCUT2D eigenvalue weighted by Crippen LogP contribution is -2.60. The number of hydrogen-bond acceptors (Lipinski definition) is 6. The molecule has 1 aliphatic heterocycles. The summed E-state index contributed by atoms with van der Waals surface area (Å²) >= 11 is 0. The third kappa shape index (κ3) is 4.67. The van der Waals surface area contributed by atoms with Crippen molar-refractivity contribution < 1.29 is 29.5 Å². The summed E-state index contributed by atoms with van der Waals surface area (Å²) < 4.78 is 17.1. The van der Waals surface area contributed by atoms with E-state index in [1.165, 1.54) is 0 Å². The van der Waals surface area contributed by atoms with Crippen molar-refractivity contribution in [2.75, 3.05) is 6.61 Å². The Morgan fingerprint density at radius 3 is 1.77 bits per heavy atom. The van der Waals surface area contributed by atoms with Crippen LogP contribution in [0.4, 0.5) is 0 Å². The molecule has 6 nitrogen and oxygen atoms in total. The lowest BCUT2D eigenvalue weighted by Gasteiger charge is -2.42. The smallest absolute Gasteiger partial charge is 0.184 e. The van der Waals surface area contributed by atoms with Crippen molar-refractivity contribution in [3.63, 3.8) is 0 Å². The molecule has 0 spiro atoms. The maximum absolute atomic E-state index is 10.3. The molecule has 2 aromatic carbocycles. The summed E-state index contributed by atoms with van der Waals surface area (Å²) in [5.41, 5.74) is 1.88. The number of hydrogen-bond donors (Lipinski definition) is 3. The van der Waals surface area contributed by atoms with Crippen molar-refractivity contribution in [1.29, 1.82) is 0 Å². The zero-order valence-corrected chi connectivity index (χ0v) is 14.3. The molecule has 140 valence electrons. The third-order valence-electron chi connectivity index (χ3n) is 4.38. The van der Waals surface area contributed by atoms with E-state index in [2.05, 4.69) is 0 Å². The summed E-state index contributed by atoms with van der Waals surface area (Å²) in [5, 5.41) is 29.9. The van der Waals surface area contributed by atoms with Gasteiger partial charge < -0.3 is 29.5 Å². The quantitative estimate of drug-likeness (QED) is 0.688. The van der Waals surface area contributed by atoms with Crippen molar-refractivity contribution in [3.05, 3.63) is 71.8 Å². The highest BCUT2D eigenvalue weighted by molar-refractivity contribution is 5.14. The molecule has 1 fully saturated rings. The zero-order valence-electron chi connectivity index (χ0n) is 14.3. The highest BCUT2D eigenvalue weighted by atomic mass is 16.7. The van der Waals surface area contributed by atoms with Crippen molar-refractivity contribution in [1.82, 2.24) is 0 Å². The molecule has 5 atom stereocenters. The first kappa shape index (κ1) is 19.0. The molecule has 3 N–H and O–H groups in total. The molecular weight excluding hydrogens is 336 g/mol. The van der Waals surface area contributed by atoms with Gasteiger partial charge >= 0.3 is 0 Å². The van der Waals surface area contributed by atoms with E-state index in [4.69, 9.17) is 14.2 Å². The molecule has 0 saturated carbocycles. The summed E-state index contributed by atoms with van der Waals surface area (Å²) in [6.07, 6.45) is -5.06. The second kappa shape index (κ2) is 9.23. The van der Waals surface area contributed by atoms with Crippen LogP contribution in [0.5, 0.6) is 0 Å². The van der Waals surface area contributed by atoms with Crippen LogP contribution in [0.3, 0.4) is 0 Å². The Balaban J connectivity index is 1.71. The van der Waals surface area contributed by atoms with Crippen LogP contribution in [0.15, 0.2) is 60.7 Å². The van der Waals surface area contributed by atoms with E-state index in [1.807, 2.05) is 60.7 Å². The number of aliphatic hydroxyl groups is 3. The van der Waals surface area contributed by atoms with E-state index in [9.17, 15) is 15.3 Å². The van der Waals surface area contributed by atoms with Crippen LogP contribution in [0, 0.1) is 0 Å². The molecule has 0 amide bonds. The van der Waals surface area contributed by atoms with Gasteiger partial charge in [0.1, 0.15) is 24.4 Å². The van der Waals surface area contributed by atoms with Crippen molar-refractivity contribution in [2.45, 2.75) is 43.9 Å². The number of benzene rings is 2. The van der Waals surface area contributed by atoms with E-state index < -0.39 is 30.7 Å². The molecule has 0 bridgehead atoms. The van der Waals surface area contributed by atoms with E-state index in [-0.39, 0.29) is 19.8 Å². The highest BCUT2D eigenvalue weighted by Gasteiger charge is 2.46. The number of ether oxygens (including phenoxy) is 3. The normalized spacial score (nSPS) is 28.8. The summed E-state index contributed by atoms with van der Waals surface area (Å²) in [4.78, 5) is 0. The minimum Gasteiger partial charge on any atom is -0.394 e. The lowest BCUT2D eigenvalue weighted by molar-refractivity contribution is -0.305. The number of aliphatic hydroxyl groups excluding tert-OH is 3. The maximum Gasteiger partial charge on any atom is 0.184 e. The molecule has 1 heterocycles. The van der Waals surface area contributed by atoms with Gasteiger partial charge in [-0.1, -0.05) is 60.7 Å². The average Bonchev–Trinajstić information content (AvgIpc) is 2.69. The van der Waals surface area contributed by atoms with Gasteiger partial charge in [0.25, 0.3) is 0 Å². The maximum atomic E-state index is 10.3. The fourth-order valence-electron chi connectivity index (χ4n) is 2.98. The molecular formula is C20H24O6. The summed E-state index contributed by atoms with van der Waals surface area (Å²) in [6, 6.07) is 19.1. The Hall–Kier alpha value is -1.80. The zero-order chi connectivity index (χ0) is 18.4. The van der Waals surface area contributed by atoms with Gasteiger partial charge in [-0.05, 0) is 11.1 Å². The molecule has 3 rings (SSSR count). The Kier molecular flexibility index (Phi) is 6.73. The monoisotopic (exact) mass is 360 g/mol. The predicted octanol–water partition coefficient (Wildman–Crippen LogP) is 1.23. The van der Waals surface area contributed by atoms with Crippen LogP contribution in [0.2, 0.25) is 0 Å². The van der Waals surface area contributed by atoms with Crippen LogP contribution in [-0.2, 0) is 27.4 Å². The Bertz CT molecular complexity index is 606. The van der Waals surface area contributed by atoms with Crippen LogP contribution in [0.1, 0.15) is 11.1 Å². The van der Waals surface area contributed by atoms with Gasteiger partial charge in [0.2, 0.25) is 0 Å². The SMILES string of the molecule is OCC1OC(O)C(O)C(OCc2ccccc2)[C@@H]1OCc1ccccc1. The lowest BCUT2D eigenvalue weighted by atomic mass is 9.98. The summed E-state index contributed by atoms with van der Waals surface area (Å²) in [5.74, 6) is 0. The van der Waals surface area contributed by atoms with E-state index in [0.717, 1.165) is 11.1 Å². The first-order valence-corrected chi connectivity index (χ1v) is 8.62. The number of rotatable bonds is 7. The van der Waals surface area contributed by atoms with Gasteiger partial charge in [-0.2, -0.15) is 0 Å². The van der Waals surface area contributed by atoms with Crippen molar-refractivity contribution >= 4 is 0 Å². The van der Waals surface area contributed by atoms with E-state index in [0.29, 0.717) is 0 Å². The minimum absolute atomic E-state index is 0.249. The van der Waals surface area contributed by atoms with Gasteiger partial charge in [0.05, 0.1) is 19.8 Å². The summed E-state index contributed by atoms with van der Waals surface area (Å²) in [6.45, 7) is 0.173. The van der Waals surface area contributed by atoms with Gasteiger partial charge in [-0.3, -0.25) is 0 Å². The average molecular weight is 360 g/mol. The molecule has 4 unspecified atom stereocenters. The Morgan fingerprint density at radius 2 is 1.27 bits per heavy atom. The fourth-order valence-corrected chi connectivity index (χ4v) is 2.98. The van der Waals surface area contributed by atoms with Gasteiger partial charge in [-0.25, -0.2) is 0 Å². The van der Waals surface area contributed by atoms with Crippen LogP contribution >= 0.6 is 0 Å². The van der Waals surface area contributed by atoms with E-state index >= 15 is 0 Å². The first-order chi connectivity index (χ1) is 12.7. The van der Waals surface area contributed by atoms with Gasteiger partial charge in [0, 0.05) is 0 Å². The Morgan fingerprint density at radius 1 is 0.769 bits per heavy atom. The van der Waals surface area contributed by atoms with Crippen LogP contribution < -0.4 is 0 Å². The van der Waals surface area contributed by atoms with Gasteiger partial charge in [0.15, 0.2) is 6.29 Å². The molecule has 0 aromatic heterocycles. The highest BCUT2D eigenvalue weighted by Crippen LogP contribution is 2.26. The molecule has 6 heteroatoms. The van der Waals surface area contributed by atoms with Crippen LogP contribution in [-0.4, -0.2) is 52.6 Å². The van der Waals surface area contributed by atoms with E-state index in [1.54, 1.807) is 0 Å². The minimum atomic E-state index is -1.44. The van der Waals surface area contributed by atoms with Crippen molar-refractivity contribution in [3.8, 4) is 0 Å². The predicted molar refractivity (Wildman–Crippen MR) is 94.0 cm³/mol. The Labute approximate surface area is 152 Å². The standard InChI is InChI=1S/C20H24O6/c21-11-16-18(24-12-14-7-3-1-4-8-14)19(17(22)20(23)26-16)25-13-15-9-5-2-6-10-15/h1-10,16-23H,11-13H2/t16?,17?,18-,19?,20?/m1/s1. The van der Waals surface area contributed by atoms with Crippen molar-refractivity contribution in [2.24, 2.45) is 0 Å². The molecule has 1 saturated heterocycles.